The van der Waals surface area contributed by atoms with Gasteiger partial charge in [-0.25, -0.2) is 4.79 Å². The fraction of sp³-hybridized carbons (Fsp3) is 0.214. The molecule has 7 heteroatoms. The van der Waals surface area contributed by atoms with E-state index in [4.69, 9.17) is 9.26 Å². The van der Waals surface area contributed by atoms with Crippen LogP contribution >= 0.6 is 0 Å². The second-order valence-electron chi connectivity index (χ2n) is 4.47. The molecule has 0 radical (unpaired) electrons. The molecule has 7 nitrogen and oxygen atoms in total. The van der Waals surface area contributed by atoms with E-state index in [9.17, 15) is 14.7 Å². The number of phenolic OH excluding ortho intramolecular Hbond substituents is 1. The molecule has 0 saturated carbocycles. The Morgan fingerprint density at radius 3 is 2.71 bits per heavy atom. The molecule has 1 heterocycles. The number of aromatic nitrogens is 1. The van der Waals surface area contributed by atoms with E-state index >= 15 is 0 Å². The van der Waals surface area contributed by atoms with Crippen LogP contribution in [0.4, 0.5) is 5.82 Å². The lowest BCUT2D eigenvalue weighted by Gasteiger charge is -2.06. The number of ether oxygens (including phenoxy) is 1. The zero-order valence-electron chi connectivity index (χ0n) is 11.5. The SMILES string of the molecule is Cc1ccc(C(=O)OCC(=O)Nc2cc(C)on2)c(O)c1. The topological polar surface area (TPSA) is 102 Å². The van der Waals surface area contributed by atoms with Gasteiger partial charge in [0.2, 0.25) is 0 Å². The largest absolute Gasteiger partial charge is 0.507 e. The van der Waals surface area contributed by atoms with Gasteiger partial charge >= 0.3 is 5.97 Å². The molecule has 0 aliphatic carbocycles. The summed E-state index contributed by atoms with van der Waals surface area (Å²) in [6.07, 6.45) is 0. The maximum atomic E-state index is 11.7. The van der Waals surface area contributed by atoms with Gasteiger partial charge in [-0.2, -0.15) is 0 Å². The average molecular weight is 290 g/mol. The Morgan fingerprint density at radius 2 is 2.10 bits per heavy atom. The lowest BCUT2D eigenvalue weighted by molar-refractivity contribution is -0.119. The highest BCUT2D eigenvalue weighted by Gasteiger charge is 2.15. The molecule has 0 saturated heterocycles. The number of hydrogen-bond donors (Lipinski definition) is 2. The average Bonchev–Trinajstić information content (AvgIpc) is 2.81. The number of anilines is 1. The number of nitrogens with one attached hydrogen (secondary N) is 1. The molecule has 0 unspecified atom stereocenters. The van der Waals surface area contributed by atoms with Gasteiger partial charge in [-0.15, -0.1) is 0 Å². The van der Waals surface area contributed by atoms with Crippen LogP contribution in [-0.2, 0) is 9.53 Å². The highest BCUT2D eigenvalue weighted by Crippen LogP contribution is 2.19. The number of phenols is 1. The number of aryl methyl sites for hydroxylation is 2. The first-order valence-electron chi connectivity index (χ1n) is 6.15. The van der Waals surface area contributed by atoms with E-state index in [2.05, 4.69) is 10.5 Å². The zero-order valence-corrected chi connectivity index (χ0v) is 11.5. The Bertz CT molecular complexity index is 678. The van der Waals surface area contributed by atoms with Crippen LogP contribution in [0, 0.1) is 13.8 Å². The van der Waals surface area contributed by atoms with Crippen LogP contribution in [0.15, 0.2) is 28.8 Å². The molecule has 2 N–H and O–H groups in total. The summed E-state index contributed by atoms with van der Waals surface area (Å²) in [5.74, 6) is -0.728. The van der Waals surface area contributed by atoms with Gasteiger partial charge in [0.15, 0.2) is 12.4 Å². The standard InChI is InChI=1S/C14H14N2O5/c1-8-3-4-10(11(17)5-8)14(19)20-7-13(18)15-12-6-9(2)21-16-12/h3-6,17H,7H2,1-2H3,(H,15,16,18). The molecule has 0 atom stereocenters. The Kier molecular flexibility index (Phi) is 4.22. The molecule has 2 aromatic rings. The molecule has 0 bridgehead atoms. The molecule has 1 amide bonds. The smallest absolute Gasteiger partial charge is 0.342 e. The summed E-state index contributed by atoms with van der Waals surface area (Å²) in [6, 6.07) is 6.07. The first kappa shape index (κ1) is 14.6. The van der Waals surface area contributed by atoms with Gasteiger partial charge in [-0.1, -0.05) is 11.2 Å². The Hall–Kier alpha value is -2.83. The number of amides is 1. The molecule has 0 spiro atoms. The number of hydrogen-bond acceptors (Lipinski definition) is 6. The number of benzene rings is 1. The first-order chi connectivity index (χ1) is 9.95. The summed E-state index contributed by atoms with van der Waals surface area (Å²) in [6.45, 7) is 2.98. The van der Waals surface area contributed by atoms with Gasteiger partial charge in [0.1, 0.15) is 17.1 Å². The molecule has 2 rings (SSSR count). The normalized spacial score (nSPS) is 10.2. The van der Waals surface area contributed by atoms with Gasteiger partial charge in [-0.3, -0.25) is 4.79 Å². The van der Waals surface area contributed by atoms with E-state index < -0.39 is 18.5 Å². The second kappa shape index (κ2) is 6.08. The van der Waals surface area contributed by atoms with Crippen molar-refractivity contribution >= 4 is 17.7 Å². The molecule has 0 fully saturated rings. The van der Waals surface area contributed by atoms with Crippen molar-refractivity contribution in [1.82, 2.24) is 5.16 Å². The minimum atomic E-state index is -0.779. The molecule has 0 aliphatic heterocycles. The van der Waals surface area contributed by atoms with E-state index in [-0.39, 0.29) is 17.1 Å². The Morgan fingerprint density at radius 1 is 1.33 bits per heavy atom. The van der Waals surface area contributed by atoms with Crippen molar-refractivity contribution in [2.24, 2.45) is 0 Å². The fourth-order valence-electron chi connectivity index (χ4n) is 1.63. The van der Waals surface area contributed by atoms with Crippen molar-refractivity contribution in [3.05, 3.63) is 41.2 Å². The summed E-state index contributed by atoms with van der Waals surface area (Å²) in [5, 5.41) is 15.6. The lowest BCUT2D eigenvalue weighted by Crippen LogP contribution is -2.21. The summed E-state index contributed by atoms with van der Waals surface area (Å²) >= 11 is 0. The summed E-state index contributed by atoms with van der Waals surface area (Å²) in [7, 11) is 0. The van der Waals surface area contributed by atoms with E-state index in [1.54, 1.807) is 19.9 Å². The predicted molar refractivity (Wildman–Crippen MR) is 73.0 cm³/mol. The van der Waals surface area contributed by atoms with Gasteiger partial charge < -0.3 is 19.7 Å². The highest BCUT2D eigenvalue weighted by molar-refractivity contribution is 5.96. The van der Waals surface area contributed by atoms with Gasteiger partial charge in [0.05, 0.1) is 0 Å². The third-order valence-electron chi connectivity index (χ3n) is 2.60. The molecular formula is C14H14N2O5. The van der Waals surface area contributed by atoms with Crippen LogP contribution in [0.3, 0.4) is 0 Å². The number of carbonyl (C=O) groups is 2. The van der Waals surface area contributed by atoms with Crippen molar-refractivity contribution in [3.63, 3.8) is 0 Å². The first-order valence-corrected chi connectivity index (χ1v) is 6.15. The molecule has 0 aliphatic rings. The highest BCUT2D eigenvalue weighted by atomic mass is 16.5. The number of esters is 1. The van der Waals surface area contributed by atoms with Crippen molar-refractivity contribution < 1.29 is 24.0 Å². The van der Waals surface area contributed by atoms with Gasteiger partial charge in [0.25, 0.3) is 5.91 Å². The third kappa shape index (κ3) is 3.82. The van der Waals surface area contributed by atoms with Crippen molar-refractivity contribution in [2.75, 3.05) is 11.9 Å². The predicted octanol–water partition coefficient (Wildman–Crippen LogP) is 1.79. The van der Waals surface area contributed by atoms with Crippen LogP contribution in [-0.4, -0.2) is 28.7 Å². The summed E-state index contributed by atoms with van der Waals surface area (Å²) in [4.78, 5) is 23.3. The fourth-order valence-corrected chi connectivity index (χ4v) is 1.63. The summed E-state index contributed by atoms with van der Waals surface area (Å²) in [5.41, 5.74) is 0.814. The third-order valence-corrected chi connectivity index (χ3v) is 2.60. The zero-order chi connectivity index (χ0) is 15.4. The molecule has 110 valence electrons. The number of nitrogens with zero attached hydrogens (tertiary/aromatic N) is 1. The van der Waals surface area contributed by atoms with E-state index in [1.165, 1.54) is 18.2 Å². The Labute approximate surface area is 120 Å². The lowest BCUT2D eigenvalue weighted by atomic mass is 10.1. The maximum absolute atomic E-state index is 11.7. The van der Waals surface area contributed by atoms with Crippen LogP contribution in [0.5, 0.6) is 5.75 Å². The van der Waals surface area contributed by atoms with E-state index in [0.717, 1.165) is 5.56 Å². The second-order valence-corrected chi connectivity index (χ2v) is 4.47. The van der Waals surface area contributed by atoms with Crippen LogP contribution < -0.4 is 5.32 Å². The maximum Gasteiger partial charge on any atom is 0.342 e. The van der Waals surface area contributed by atoms with E-state index in [1.807, 2.05) is 0 Å². The minimum Gasteiger partial charge on any atom is -0.507 e. The molecular weight excluding hydrogens is 276 g/mol. The molecule has 1 aromatic carbocycles. The van der Waals surface area contributed by atoms with Gasteiger partial charge in [0, 0.05) is 6.07 Å². The van der Waals surface area contributed by atoms with Crippen LogP contribution in [0.1, 0.15) is 21.7 Å². The van der Waals surface area contributed by atoms with Crippen LogP contribution in [0.2, 0.25) is 0 Å². The molecule has 21 heavy (non-hydrogen) atoms. The summed E-state index contributed by atoms with van der Waals surface area (Å²) < 4.78 is 9.60. The number of carbonyl (C=O) groups excluding carboxylic acids is 2. The van der Waals surface area contributed by atoms with E-state index in [0.29, 0.717) is 5.76 Å². The molecule has 1 aromatic heterocycles. The van der Waals surface area contributed by atoms with Crippen molar-refractivity contribution in [3.8, 4) is 5.75 Å². The number of rotatable bonds is 4. The van der Waals surface area contributed by atoms with Crippen molar-refractivity contribution in [2.45, 2.75) is 13.8 Å². The number of aromatic hydroxyl groups is 1. The van der Waals surface area contributed by atoms with Crippen molar-refractivity contribution in [1.29, 1.82) is 0 Å². The van der Waals surface area contributed by atoms with Gasteiger partial charge in [-0.05, 0) is 31.5 Å². The monoisotopic (exact) mass is 290 g/mol. The Balaban J connectivity index is 1.90. The quantitative estimate of drug-likeness (QED) is 0.832. The van der Waals surface area contributed by atoms with Crippen LogP contribution in [0.25, 0.3) is 0 Å². The minimum absolute atomic E-state index is 0.00526.